The smallest absolute Gasteiger partial charge is 0.248 e. The van der Waals surface area contributed by atoms with Gasteiger partial charge in [-0.25, -0.2) is 19.2 Å². The third-order valence-electron chi connectivity index (χ3n) is 4.70. The molecule has 0 radical (unpaired) electrons. The second-order valence-corrected chi connectivity index (χ2v) is 7.15. The van der Waals surface area contributed by atoms with Crippen LogP contribution in [-0.4, -0.2) is 39.3 Å². The number of carbonyl (C=O) groups excluding carboxylic acids is 1. The summed E-state index contributed by atoms with van der Waals surface area (Å²) in [6.45, 7) is 0. The average molecular weight is 363 g/mol. The predicted octanol–water partition coefficient (Wildman–Crippen LogP) is 1.71. The summed E-state index contributed by atoms with van der Waals surface area (Å²) < 4.78 is 26.6. The zero-order valence-electron chi connectivity index (χ0n) is 13.2. The lowest BCUT2D eigenvalue weighted by atomic mass is 9.75. The maximum Gasteiger partial charge on any atom is 0.248 e. The Balaban J connectivity index is 1.96. The standard InChI is InChI=1S/C15H23F2N3O3S/c16-15(17)3-1-9(2-4-15)11(14(22)20-23)6-13(21)12(18)5-10-7-24-8-19-10/h7-9,11-13,21,23H,1-6,18H2,(H,20,22). The first-order chi connectivity index (χ1) is 11.3. The molecule has 5 N–H and O–H groups in total. The first kappa shape index (κ1) is 19.2. The summed E-state index contributed by atoms with van der Waals surface area (Å²) in [7, 11) is 0. The summed E-state index contributed by atoms with van der Waals surface area (Å²) in [6.07, 6.45) is -0.814. The van der Waals surface area contributed by atoms with Gasteiger partial charge in [0.1, 0.15) is 0 Å². The lowest BCUT2D eigenvalue weighted by Gasteiger charge is -2.34. The van der Waals surface area contributed by atoms with Gasteiger partial charge in [0, 0.05) is 36.6 Å². The Kier molecular flexibility index (Phi) is 6.62. The lowest BCUT2D eigenvalue weighted by Crippen LogP contribution is -2.43. The summed E-state index contributed by atoms with van der Waals surface area (Å²) in [5, 5.41) is 21.1. The highest BCUT2D eigenvalue weighted by Crippen LogP contribution is 2.40. The quantitative estimate of drug-likeness (QED) is 0.436. The van der Waals surface area contributed by atoms with Crippen molar-refractivity contribution in [3.05, 3.63) is 16.6 Å². The fraction of sp³-hybridized carbons (Fsp3) is 0.733. The van der Waals surface area contributed by atoms with E-state index in [1.165, 1.54) is 11.3 Å². The molecule has 1 heterocycles. The predicted molar refractivity (Wildman–Crippen MR) is 84.7 cm³/mol. The topological polar surface area (TPSA) is 108 Å². The average Bonchev–Trinajstić information content (AvgIpc) is 3.05. The van der Waals surface area contributed by atoms with E-state index in [1.54, 1.807) is 11.0 Å². The molecule has 3 unspecified atom stereocenters. The molecule has 0 spiro atoms. The third kappa shape index (κ3) is 5.17. The van der Waals surface area contributed by atoms with E-state index in [9.17, 15) is 18.7 Å². The number of hydroxylamine groups is 1. The van der Waals surface area contributed by atoms with Crippen molar-refractivity contribution in [3.8, 4) is 0 Å². The van der Waals surface area contributed by atoms with Crippen molar-refractivity contribution in [1.29, 1.82) is 0 Å². The van der Waals surface area contributed by atoms with E-state index in [4.69, 9.17) is 10.9 Å². The van der Waals surface area contributed by atoms with E-state index in [0.29, 0.717) is 6.42 Å². The molecule has 1 aliphatic carbocycles. The highest BCUT2D eigenvalue weighted by atomic mass is 32.1. The minimum Gasteiger partial charge on any atom is -0.391 e. The van der Waals surface area contributed by atoms with Crippen LogP contribution in [0.5, 0.6) is 0 Å². The number of hydrogen-bond donors (Lipinski definition) is 4. The Morgan fingerprint density at radius 2 is 2.17 bits per heavy atom. The Morgan fingerprint density at radius 3 is 2.71 bits per heavy atom. The summed E-state index contributed by atoms with van der Waals surface area (Å²) in [6, 6.07) is -0.619. The van der Waals surface area contributed by atoms with Gasteiger partial charge in [-0.2, -0.15) is 0 Å². The fourth-order valence-corrected chi connectivity index (χ4v) is 3.78. The minimum absolute atomic E-state index is 0.0218. The fourth-order valence-electron chi connectivity index (χ4n) is 3.21. The van der Waals surface area contributed by atoms with Gasteiger partial charge in [-0.15, -0.1) is 11.3 Å². The number of halogens is 2. The summed E-state index contributed by atoms with van der Waals surface area (Å²) >= 11 is 1.42. The molecule has 24 heavy (non-hydrogen) atoms. The second kappa shape index (κ2) is 8.28. The zero-order chi connectivity index (χ0) is 17.7. The summed E-state index contributed by atoms with van der Waals surface area (Å²) in [4.78, 5) is 16.0. The van der Waals surface area contributed by atoms with E-state index < -0.39 is 29.9 Å². The first-order valence-electron chi connectivity index (χ1n) is 7.95. The molecule has 1 aliphatic rings. The number of aliphatic hydroxyl groups excluding tert-OH is 1. The highest BCUT2D eigenvalue weighted by molar-refractivity contribution is 7.07. The van der Waals surface area contributed by atoms with Crippen molar-refractivity contribution < 1.29 is 23.9 Å². The number of nitrogens with two attached hydrogens (primary N) is 1. The number of rotatable bonds is 7. The Bertz CT molecular complexity index is 520. The van der Waals surface area contributed by atoms with Gasteiger partial charge in [-0.05, 0) is 25.2 Å². The van der Waals surface area contributed by atoms with Crippen LogP contribution in [0, 0.1) is 11.8 Å². The van der Waals surface area contributed by atoms with Crippen LogP contribution in [0.1, 0.15) is 37.8 Å². The number of nitrogens with one attached hydrogen (secondary N) is 1. The molecular formula is C15H23F2N3O3S. The van der Waals surface area contributed by atoms with E-state index in [1.807, 2.05) is 5.38 Å². The molecule has 1 aromatic rings. The summed E-state index contributed by atoms with van der Waals surface area (Å²) in [5.41, 5.74) is 9.98. The number of hydrogen-bond acceptors (Lipinski definition) is 6. The van der Waals surface area contributed by atoms with E-state index in [0.717, 1.165) is 5.69 Å². The van der Waals surface area contributed by atoms with Gasteiger partial charge in [0.2, 0.25) is 11.8 Å². The molecule has 1 fully saturated rings. The molecule has 0 aromatic carbocycles. The molecule has 0 bridgehead atoms. The molecule has 9 heteroatoms. The van der Waals surface area contributed by atoms with Crippen molar-refractivity contribution >= 4 is 17.2 Å². The lowest BCUT2D eigenvalue weighted by molar-refractivity contribution is -0.139. The Hall–Kier alpha value is -1.16. The van der Waals surface area contributed by atoms with E-state index >= 15 is 0 Å². The molecule has 1 amide bonds. The molecule has 0 saturated heterocycles. The zero-order valence-corrected chi connectivity index (χ0v) is 14.0. The van der Waals surface area contributed by atoms with Crippen molar-refractivity contribution in [2.45, 2.75) is 56.6 Å². The second-order valence-electron chi connectivity index (χ2n) is 6.43. The molecule has 2 rings (SSSR count). The first-order valence-corrected chi connectivity index (χ1v) is 8.89. The Labute approximate surface area is 143 Å². The van der Waals surface area contributed by atoms with Crippen LogP contribution >= 0.6 is 11.3 Å². The molecule has 1 aromatic heterocycles. The van der Waals surface area contributed by atoms with E-state index in [2.05, 4.69) is 4.98 Å². The van der Waals surface area contributed by atoms with Crippen LogP contribution in [-0.2, 0) is 11.2 Å². The minimum atomic E-state index is -2.70. The van der Waals surface area contributed by atoms with Gasteiger partial charge in [0.15, 0.2) is 0 Å². The number of carbonyl (C=O) groups is 1. The SMILES string of the molecule is NC(Cc1cscn1)C(O)CC(C(=O)NO)C1CCC(F)(F)CC1. The molecular weight excluding hydrogens is 340 g/mol. The van der Waals surface area contributed by atoms with Gasteiger partial charge in [0.25, 0.3) is 0 Å². The number of nitrogens with zero attached hydrogens (tertiary/aromatic N) is 1. The number of aliphatic hydroxyl groups is 1. The molecule has 0 aliphatic heterocycles. The molecule has 3 atom stereocenters. The highest BCUT2D eigenvalue weighted by Gasteiger charge is 2.40. The van der Waals surface area contributed by atoms with Crippen LogP contribution in [0.2, 0.25) is 0 Å². The van der Waals surface area contributed by atoms with Gasteiger partial charge < -0.3 is 10.8 Å². The number of thiazole rings is 1. The van der Waals surface area contributed by atoms with Crippen LogP contribution in [0.15, 0.2) is 10.9 Å². The molecule has 6 nitrogen and oxygen atoms in total. The van der Waals surface area contributed by atoms with Gasteiger partial charge in [-0.1, -0.05) is 0 Å². The van der Waals surface area contributed by atoms with Crippen molar-refractivity contribution in [3.63, 3.8) is 0 Å². The van der Waals surface area contributed by atoms with Gasteiger partial charge in [-0.3, -0.25) is 10.0 Å². The maximum absolute atomic E-state index is 13.3. The van der Waals surface area contributed by atoms with Crippen LogP contribution in [0.25, 0.3) is 0 Å². The van der Waals surface area contributed by atoms with Crippen molar-refractivity contribution in [2.24, 2.45) is 17.6 Å². The molecule has 1 saturated carbocycles. The van der Waals surface area contributed by atoms with E-state index in [-0.39, 0.29) is 38.0 Å². The Morgan fingerprint density at radius 1 is 1.50 bits per heavy atom. The number of amides is 1. The van der Waals surface area contributed by atoms with Crippen molar-refractivity contribution in [2.75, 3.05) is 0 Å². The number of aromatic nitrogens is 1. The summed E-state index contributed by atoms with van der Waals surface area (Å²) in [5.74, 6) is -4.42. The van der Waals surface area contributed by atoms with Crippen LogP contribution in [0.3, 0.4) is 0 Å². The van der Waals surface area contributed by atoms with Gasteiger partial charge in [0.05, 0.1) is 17.3 Å². The van der Waals surface area contributed by atoms with Crippen LogP contribution in [0.4, 0.5) is 8.78 Å². The largest absolute Gasteiger partial charge is 0.391 e. The number of alkyl halides is 2. The molecule has 136 valence electrons. The van der Waals surface area contributed by atoms with Crippen LogP contribution < -0.4 is 11.2 Å². The monoisotopic (exact) mass is 363 g/mol. The van der Waals surface area contributed by atoms with Gasteiger partial charge >= 0.3 is 0 Å². The maximum atomic E-state index is 13.3. The normalized spacial score (nSPS) is 21.9. The third-order valence-corrected chi connectivity index (χ3v) is 5.33. The van der Waals surface area contributed by atoms with Crippen molar-refractivity contribution in [1.82, 2.24) is 10.5 Å².